The Morgan fingerprint density at radius 2 is 0.285 bits per heavy atom. The molecule has 0 aliphatic heterocycles. The Balaban J connectivity index is 0.000000132. The van der Waals surface area contributed by atoms with Gasteiger partial charge < -0.3 is 0 Å². The monoisotopic (exact) mass is 1850 g/mol. The molecule has 0 saturated heterocycles. The molecule has 3 heterocycles. The summed E-state index contributed by atoms with van der Waals surface area (Å²) in [7, 11) is 0. The fourth-order valence-corrected chi connectivity index (χ4v) is 18.6. The van der Waals surface area contributed by atoms with E-state index in [1.54, 1.807) is 0 Å². The second-order valence-electron chi connectivity index (χ2n) is 40.1. The molecule has 144 heavy (non-hydrogen) atoms. The van der Waals surface area contributed by atoms with Crippen LogP contribution in [0, 0.1) is 0 Å². The van der Waals surface area contributed by atoms with Crippen molar-refractivity contribution in [2.75, 3.05) is 0 Å². The number of aromatic nitrogens is 5. The zero-order valence-electron chi connectivity index (χ0n) is 82.9. The molecule has 0 fully saturated rings. The molecule has 0 N–H and O–H groups in total. The summed E-state index contributed by atoms with van der Waals surface area (Å²) < 4.78 is 0. The van der Waals surface area contributed by atoms with Crippen molar-refractivity contribution in [3.63, 3.8) is 0 Å². The van der Waals surface area contributed by atoms with Crippen molar-refractivity contribution in [2.24, 2.45) is 0 Å². The first-order chi connectivity index (χ1) is 70.2. The maximum Gasteiger partial charge on any atom is 0.160 e. The van der Waals surface area contributed by atoms with Gasteiger partial charge in [0.1, 0.15) is 0 Å². The molecule has 5 heteroatoms. The Labute approximate surface area is 848 Å². The van der Waals surface area contributed by atoms with Crippen molar-refractivity contribution in [3.8, 4) is 213 Å². The number of benzene rings is 19. The van der Waals surface area contributed by atoms with Gasteiger partial charge in [-0.05, 0) is 295 Å². The third-order valence-electron chi connectivity index (χ3n) is 26.5. The van der Waals surface area contributed by atoms with E-state index in [1.165, 1.54) is 66.8 Å². The van der Waals surface area contributed by atoms with Gasteiger partial charge in [0.15, 0.2) is 11.6 Å². The van der Waals surface area contributed by atoms with Crippen LogP contribution >= 0.6 is 0 Å². The van der Waals surface area contributed by atoms with Crippen LogP contribution in [0.3, 0.4) is 0 Å². The summed E-state index contributed by atoms with van der Waals surface area (Å²) >= 11 is 0. The number of pyridine rings is 1. The molecule has 5 nitrogen and oxygen atoms in total. The summed E-state index contributed by atoms with van der Waals surface area (Å²) in [5, 5.41) is 0. The predicted octanol–water partition coefficient (Wildman–Crippen LogP) is 37.6. The predicted molar refractivity (Wildman–Crippen MR) is 608 cm³/mol. The number of nitrogens with zero attached hydrogens (tertiary/aromatic N) is 5. The average Bonchev–Trinajstić information content (AvgIpc) is 0.778. The maximum absolute atomic E-state index is 5.43. The van der Waals surface area contributed by atoms with E-state index < -0.39 is 0 Å². The Bertz CT molecular complexity index is 7100. The first-order valence-electron chi connectivity index (χ1n) is 49.7. The molecule has 0 unspecified atom stereocenters. The number of hydrogen-bond acceptors (Lipinski definition) is 5. The highest BCUT2D eigenvalue weighted by molar-refractivity contribution is 5.90. The third-order valence-corrected chi connectivity index (χ3v) is 26.5. The van der Waals surface area contributed by atoms with Crippen molar-refractivity contribution in [1.29, 1.82) is 0 Å². The Kier molecular flexibility index (Phi) is 27.6. The molecule has 0 aliphatic rings. The first-order valence-corrected chi connectivity index (χ1v) is 49.7. The van der Waals surface area contributed by atoms with Gasteiger partial charge in [0, 0.05) is 44.4 Å². The van der Waals surface area contributed by atoms with Crippen molar-refractivity contribution < 1.29 is 0 Å². The second-order valence-corrected chi connectivity index (χ2v) is 40.1. The quantitative estimate of drug-likeness (QED) is 0.0807. The van der Waals surface area contributed by atoms with E-state index >= 15 is 0 Å². The number of rotatable bonds is 19. The van der Waals surface area contributed by atoms with E-state index in [4.69, 9.17) is 24.9 Å². The normalized spacial score (nSPS) is 11.4. The van der Waals surface area contributed by atoms with Gasteiger partial charge in [0.25, 0.3) is 0 Å². The highest BCUT2D eigenvalue weighted by Crippen LogP contribution is 2.45. The minimum atomic E-state index is -0.176. The van der Waals surface area contributed by atoms with E-state index in [2.05, 4.69) is 584 Å². The summed E-state index contributed by atoms with van der Waals surface area (Å²) in [5.41, 5.74) is 43.2. The van der Waals surface area contributed by atoms with Crippen LogP contribution in [0.2, 0.25) is 0 Å². The number of hydrogen-bond donors (Lipinski definition) is 0. The molecule has 19 aromatic carbocycles. The van der Waals surface area contributed by atoms with Crippen LogP contribution in [0.4, 0.5) is 0 Å². The van der Waals surface area contributed by atoms with Gasteiger partial charge in [0.2, 0.25) is 0 Å². The molecule has 22 aromatic rings. The van der Waals surface area contributed by atoms with Crippen molar-refractivity contribution in [3.05, 3.63) is 539 Å². The molecule has 0 atom stereocenters. The molecule has 0 bridgehead atoms. The minimum Gasteiger partial charge on any atom is -0.248 e. The summed E-state index contributed by atoms with van der Waals surface area (Å²) in [6, 6.07) is 186. The van der Waals surface area contributed by atoms with Gasteiger partial charge in [-0.15, -0.1) is 0 Å². The molecule has 0 amide bonds. The Hall–Kier alpha value is -17.5. The van der Waals surface area contributed by atoms with Crippen molar-refractivity contribution in [2.45, 2.75) is 78.6 Å². The zero-order valence-corrected chi connectivity index (χ0v) is 82.9. The SMILES string of the molecule is CC(C)(C)c1cc(-c2cc(-c3ccccc3)cc(-c3ccccc3)c2)nc(-c2cc(-c3ccccc3)cc(-c3ccccc3)c2)c1.CC(C)(C)c1cc(-c2cc(-c3ccccc3)cc(-c3ccccc3)c2)nc(-c2cc(-c3ccccc3)cc(-c3ccccc3)c2)n1.CC(C)(C)c1cccc(-c2nc(-c3cc(-c4ccccc4)cc(-c4ccccc4)c3)cc(-c3cc(-c4ccccc4)cc(-c4ccccc4)c3)n2)c1. The lowest BCUT2D eigenvalue weighted by Crippen LogP contribution is -2.15. The lowest BCUT2D eigenvalue weighted by Gasteiger charge is -2.22. The highest BCUT2D eigenvalue weighted by atomic mass is 14.9. The lowest BCUT2D eigenvalue weighted by molar-refractivity contribution is 0.568. The van der Waals surface area contributed by atoms with Crippen LogP contribution in [-0.2, 0) is 16.2 Å². The summed E-state index contributed by atoms with van der Waals surface area (Å²) in [6.45, 7) is 20.2. The van der Waals surface area contributed by atoms with Crippen molar-refractivity contribution >= 4 is 0 Å². The smallest absolute Gasteiger partial charge is 0.160 e. The van der Waals surface area contributed by atoms with Crippen LogP contribution < -0.4 is 0 Å². The van der Waals surface area contributed by atoms with Crippen LogP contribution in [0.15, 0.2) is 522 Å². The van der Waals surface area contributed by atoms with E-state index in [9.17, 15) is 0 Å². The van der Waals surface area contributed by atoms with Gasteiger partial charge >= 0.3 is 0 Å². The molecule has 694 valence electrons. The van der Waals surface area contributed by atoms with Gasteiger partial charge in [-0.2, -0.15) is 0 Å². The van der Waals surface area contributed by atoms with Gasteiger partial charge in [-0.1, -0.05) is 444 Å². The molecule has 0 spiro atoms. The average molecular weight is 1850 g/mol. The third kappa shape index (κ3) is 22.5. The van der Waals surface area contributed by atoms with Crippen LogP contribution in [0.5, 0.6) is 0 Å². The lowest BCUT2D eigenvalue weighted by atomic mass is 9.85. The Morgan fingerprint density at radius 3 is 0.486 bits per heavy atom. The molecule has 3 aromatic heterocycles. The van der Waals surface area contributed by atoms with E-state index in [0.717, 1.165) is 157 Å². The van der Waals surface area contributed by atoms with Gasteiger partial charge in [-0.3, -0.25) is 0 Å². The second kappa shape index (κ2) is 42.3. The van der Waals surface area contributed by atoms with E-state index in [0.29, 0.717) is 5.82 Å². The van der Waals surface area contributed by atoms with Crippen LogP contribution in [0.25, 0.3) is 213 Å². The van der Waals surface area contributed by atoms with Crippen molar-refractivity contribution in [1.82, 2.24) is 24.9 Å². The van der Waals surface area contributed by atoms with Crippen LogP contribution in [0.1, 0.15) is 79.1 Å². The zero-order chi connectivity index (χ0) is 98.5. The molecule has 0 aliphatic carbocycles. The highest BCUT2D eigenvalue weighted by Gasteiger charge is 2.26. The Morgan fingerprint density at radius 1 is 0.111 bits per heavy atom. The van der Waals surface area contributed by atoms with Gasteiger partial charge in [0.05, 0.1) is 34.2 Å². The molecule has 22 rings (SSSR count). The minimum absolute atomic E-state index is 0.0142. The fraction of sp³-hybridized carbons (Fsp3) is 0.0863. The maximum atomic E-state index is 5.43. The molecule has 0 radical (unpaired) electrons. The molecule has 0 saturated carbocycles. The summed E-state index contributed by atoms with van der Waals surface area (Å²) in [4.78, 5) is 26.6. The summed E-state index contributed by atoms with van der Waals surface area (Å²) in [5.74, 6) is 1.43. The van der Waals surface area contributed by atoms with Crippen LogP contribution in [-0.4, -0.2) is 24.9 Å². The molecular weight excluding hydrogens is 1740 g/mol. The fourth-order valence-electron chi connectivity index (χ4n) is 18.6. The van der Waals surface area contributed by atoms with E-state index in [-0.39, 0.29) is 16.2 Å². The largest absolute Gasteiger partial charge is 0.248 e. The standard InChI is InChI=1S/C50H40N2.C45H37N.C44H36N2/c1-50(2,3)46-26-16-25-39(33-46)49-51-47(44-29-40(35-17-8-4-9-18-35)27-41(30-44)36-19-10-5-11-20-36)34-48(52-49)45-31-42(37-21-12-6-13-22-37)28-43(32-45)38-23-14-7-15-24-38;1-45(2,3)42-30-43(40-26-36(32-16-8-4-9-17-32)24-37(27-40)33-18-10-5-11-19-33)46-44(31-42)41-28-38(34-20-12-6-13-21-34)25-39(29-41)35-22-14-7-15-23-35;1-44(2,3)42-30-41(39-26-35(31-16-8-4-9-17-31)24-36(27-39)32-18-10-5-11-19-32)45-43(46-42)40-28-37(33-20-12-6-13-21-33)25-38(29-40)34-22-14-7-15-23-34/h4-34H,1-3H3;4-31H,1-3H3;4-30H,1-3H3. The van der Waals surface area contributed by atoms with E-state index in [1.807, 2.05) is 0 Å². The first kappa shape index (κ1) is 94.1. The van der Waals surface area contributed by atoms with Gasteiger partial charge in [-0.25, -0.2) is 24.9 Å². The molecular formula is C139H113N5. The topological polar surface area (TPSA) is 64.5 Å². The summed E-state index contributed by atoms with van der Waals surface area (Å²) in [6.07, 6.45) is 0.